The van der Waals surface area contributed by atoms with Crippen LogP contribution in [0.3, 0.4) is 0 Å². The number of hydrogen-bond donors (Lipinski definition) is 2. The lowest BCUT2D eigenvalue weighted by atomic mass is 10.1. The lowest BCUT2D eigenvalue weighted by Crippen LogP contribution is -2.42. The Morgan fingerprint density at radius 2 is 1.73 bits per heavy atom. The van der Waals surface area contributed by atoms with Crippen molar-refractivity contribution in [3.63, 3.8) is 0 Å². The predicted octanol–water partition coefficient (Wildman–Crippen LogP) is 3.82. The van der Waals surface area contributed by atoms with Gasteiger partial charge in [0, 0.05) is 10.7 Å². The molecule has 8 heteroatoms. The van der Waals surface area contributed by atoms with Gasteiger partial charge in [0.1, 0.15) is 5.75 Å². The number of carbonyl (C=O) groups excluding carboxylic acids is 1. The molecule has 0 unspecified atom stereocenters. The summed E-state index contributed by atoms with van der Waals surface area (Å²) in [7, 11) is -3.42. The highest BCUT2D eigenvalue weighted by Crippen LogP contribution is 2.24. The molecule has 0 atom stereocenters. The summed E-state index contributed by atoms with van der Waals surface area (Å²) in [4.78, 5) is 12.6. The lowest BCUT2D eigenvalue weighted by Gasteiger charge is -2.25. The number of aryl methyl sites for hydroxylation is 1. The van der Waals surface area contributed by atoms with Crippen LogP contribution in [0.15, 0.2) is 42.5 Å². The maximum absolute atomic E-state index is 12.6. The molecule has 1 amide bonds. The molecule has 2 aromatic rings. The second-order valence-electron chi connectivity index (χ2n) is 6.42. The van der Waals surface area contributed by atoms with E-state index in [0.717, 1.165) is 11.8 Å². The van der Waals surface area contributed by atoms with Gasteiger partial charge in [-0.1, -0.05) is 17.7 Å². The maximum atomic E-state index is 12.6. The summed E-state index contributed by atoms with van der Waals surface area (Å²) in [6.45, 7) is 5.05. The molecular formula is C18H21ClN2O4S. The summed E-state index contributed by atoms with van der Waals surface area (Å²) in [5, 5.41) is 3.32. The summed E-state index contributed by atoms with van der Waals surface area (Å²) in [6, 6.07) is 11.7. The number of halogens is 1. The second-order valence-corrected chi connectivity index (χ2v) is 8.61. The molecule has 0 fully saturated rings. The zero-order valence-corrected chi connectivity index (χ0v) is 16.5. The van der Waals surface area contributed by atoms with Crippen LogP contribution >= 0.6 is 11.6 Å². The molecule has 0 heterocycles. The minimum absolute atomic E-state index is 0.374. The Morgan fingerprint density at radius 1 is 1.12 bits per heavy atom. The normalized spacial score (nSPS) is 11.7. The number of carbonyl (C=O) groups is 1. The number of hydrogen-bond acceptors (Lipinski definition) is 4. The minimum atomic E-state index is -3.42. The van der Waals surface area contributed by atoms with Crippen LogP contribution in [0.5, 0.6) is 5.75 Å². The van der Waals surface area contributed by atoms with Gasteiger partial charge in [0.15, 0.2) is 5.60 Å². The van der Waals surface area contributed by atoms with E-state index in [1.54, 1.807) is 63.2 Å². The zero-order chi connectivity index (χ0) is 19.5. The first-order valence-electron chi connectivity index (χ1n) is 7.81. The molecule has 26 heavy (non-hydrogen) atoms. The van der Waals surface area contributed by atoms with Gasteiger partial charge < -0.3 is 10.1 Å². The van der Waals surface area contributed by atoms with Crippen LogP contribution in [0.2, 0.25) is 5.02 Å². The molecule has 140 valence electrons. The number of amides is 1. The van der Waals surface area contributed by atoms with Crippen LogP contribution in [-0.4, -0.2) is 26.2 Å². The van der Waals surface area contributed by atoms with Gasteiger partial charge in [-0.05, 0) is 62.7 Å². The topological polar surface area (TPSA) is 84.5 Å². The van der Waals surface area contributed by atoms with E-state index in [4.69, 9.17) is 16.3 Å². The fraction of sp³-hybridized carbons (Fsp3) is 0.278. The number of rotatable bonds is 6. The molecule has 2 N–H and O–H groups in total. The molecule has 2 aromatic carbocycles. The summed E-state index contributed by atoms with van der Waals surface area (Å²) in [5.41, 5.74) is 0.453. The number of ether oxygens (including phenoxy) is 1. The second kappa shape index (κ2) is 7.55. The molecule has 0 saturated heterocycles. The molecular weight excluding hydrogens is 376 g/mol. The van der Waals surface area contributed by atoms with Crippen molar-refractivity contribution in [3.8, 4) is 5.75 Å². The van der Waals surface area contributed by atoms with Crippen LogP contribution in [0.25, 0.3) is 0 Å². The Bertz CT molecular complexity index is 909. The quantitative estimate of drug-likeness (QED) is 0.777. The zero-order valence-electron chi connectivity index (χ0n) is 15.0. The van der Waals surface area contributed by atoms with Crippen molar-refractivity contribution in [3.05, 3.63) is 53.1 Å². The van der Waals surface area contributed by atoms with Gasteiger partial charge in [0.25, 0.3) is 5.91 Å². The van der Waals surface area contributed by atoms with Gasteiger partial charge in [0.2, 0.25) is 10.0 Å². The Labute approximate surface area is 158 Å². The van der Waals surface area contributed by atoms with Crippen molar-refractivity contribution in [2.24, 2.45) is 0 Å². The van der Waals surface area contributed by atoms with Crippen molar-refractivity contribution in [1.82, 2.24) is 0 Å². The number of anilines is 2. The monoisotopic (exact) mass is 396 g/mol. The molecule has 0 saturated carbocycles. The van der Waals surface area contributed by atoms with E-state index in [1.807, 2.05) is 0 Å². The van der Waals surface area contributed by atoms with E-state index in [-0.39, 0.29) is 5.91 Å². The van der Waals surface area contributed by atoms with Gasteiger partial charge in [-0.15, -0.1) is 0 Å². The molecule has 0 aliphatic rings. The first kappa shape index (κ1) is 20.1. The van der Waals surface area contributed by atoms with E-state index in [0.29, 0.717) is 22.1 Å². The molecule has 0 aliphatic carbocycles. The lowest BCUT2D eigenvalue weighted by molar-refractivity contribution is -0.128. The Kier molecular flexibility index (Phi) is 5.83. The molecule has 0 spiro atoms. The number of benzene rings is 2. The van der Waals surface area contributed by atoms with Crippen LogP contribution in [0, 0.1) is 6.92 Å². The van der Waals surface area contributed by atoms with E-state index >= 15 is 0 Å². The van der Waals surface area contributed by atoms with Crippen molar-refractivity contribution in [1.29, 1.82) is 0 Å². The summed E-state index contributed by atoms with van der Waals surface area (Å²) < 4.78 is 31.1. The van der Waals surface area contributed by atoms with Crippen LogP contribution in [0.1, 0.15) is 19.4 Å². The highest BCUT2D eigenvalue weighted by atomic mass is 35.5. The number of sulfonamides is 1. The van der Waals surface area contributed by atoms with Gasteiger partial charge >= 0.3 is 0 Å². The van der Waals surface area contributed by atoms with Gasteiger partial charge in [0.05, 0.1) is 11.9 Å². The minimum Gasteiger partial charge on any atom is -0.478 e. The summed E-state index contributed by atoms with van der Waals surface area (Å²) >= 11 is 5.84. The smallest absolute Gasteiger partial charge is 0.267 e. The third-order valence-electron chi connectivity index (χ3n) is 3.52. The van der Waals surface area contributed by atoms with E-state index < -0.39 is 15.6 Å². The predicted molar refractivity (Wildman–Crippen MR) is 104 cm³/mol. The largest absolute Gasteiger partial charge is 0.478 e. The first-order chi connectivity index (χ1) is 12.0. The van der Waals surface area contributed by atoms with Gasteiger partial charge in [-0.2, -0.15) is 0 Å². The molecule has 6 nitrogen and oxygen atoms in total. The highest BCUT2D eigenvalue weighted by molar-refractivity contribution is 7.92. The average molecular weight is 397 g/mol. The molecule has 0 aromatic heterocycles. The third kappa shape index (κ3) is 5.64. The molecule has 0 bridgehead atoms. The Morgan fingerprint density at radius 3 is 2.31 bits per heavy atom. The van der Waals surface area contributed by atoms with E-state index in [1.165, 1.54) is 0 Å². The molecule has 2 rings (SSSR count). The highest BCUT2D eigenvalue weighted by Gasteiger charge is 2.30. The summed E-state index contributed by atoms with van der Waals surface area (Å²) in [6.07, 6.45) is 1.07. The SMILES string of the molecule is Cc1ccc(NC(=O)C(C)(C)Oc2ccc(Cl)cc2)cc1NS(C)(=O)=O. The molecule has 0 aliphatic heterocycles. The van der Waals surface area contributed by atoms with Gasteiger partial charge in [-0.3, -0.25) is 9.52 Å². The summed E-state index contributed by atoms with van der Waals surface area (Å²) in [5.74, 6) is 0.138. The molecule has 0 radical (unpaired) electrons. The standard InChI is InChI=1S/C18H21ClN2O4S/c1-12-5-8-14(11-16(12)21-26(4,23)24)20-17(22)18(2,3)25-15-9-6-13(19)7-10-15/h5-11,21H,1-4H3,(H,20,22). The number of nitrogens with one attached hydrogen (secondary N) is 2. The maximum Gasteiger partial charge on any atom is 0.267 e. The average Bonchev–Trinajstić information content (AvgIpc) is 2.51. The Hall–Kier alpha value is -2.25. The Balaban J connectivity index is 2.15. The fourth-order valence-corrected chi connectivity index (χ4v) is 2.88. The van der Waals surface area contributed by atoms with E-state index in [2.05, 4.69) is 10.0 Å². The first-order valence-corrected chi connectivity index (χ1v) is 10.1. The van der Waals surface area contributed by atoms with Crippen LogP contribution < -0.4 is 14.8 Å². The fourth-order valence-electron chi connectivity index (χ4n) is 2.13. The van der Waals surface area contributed by atoms with Crippen molar-refractivity contribution < 1.29 is 17.9 Å². The van der Waals surface area contributed by atoms with E-state index in [9.17, 15) is 13.2 Å². The third-order valence-corrected chi connectivity index (χ3v) is 4.37. The van der Waals surface area contributed by atoms with Crippen LogP contribution in [-0.2, 0) is 14.8 Å². The van der Waals surface area contributed by atoms with Crippen molar-refractivity contribution in [2.75, 3.05) is 16.3 Å². The van der Waals surface area contributed by atoms with Crippen molar-refractivity contribution in [2.45, 2.75) is 26.4 Å². The van der Waals surface area contributed by atoms with Gasteiger partial charge in [-0.25, -0.2) is 8.42 Å². The van der Waals surface area contributed by atoms with Crippen molar-refractivity contribution >= 4 is 38.9 Å². The van der Waals surface area contributed by atoms with Crippen LogP contribution in [0.4, 0.5) is 11.4 Å².